The highest BCUT2D eigenvalue weighted by atomic mass is 79.9. The Morgan fingerprint density at radius 3 is 2.63 bits per heavy atom. The molecule has 0 aromatic carbocycles. The van der Waals surface area contributed by atoms with Crippen LogP contribution in [0.15, 0.2) is 22.9 Å². The summed E-state index contributed by atoms with van der Waals surface area (Å²) in [5, 5.41) is 4.33. The molecule has 0 aliphatic carbocycles. The summed E-state index contributed by atoms with van der Waals surface area (Å²) >= 11 is 3.36. The molecule has 0 spiro atoms. The van der Waals surface area contributed by atoms with Crippen LogP contribution in [0.5, 0.6) is 0 Å². The van der Waals surface area contributed by atoms with Gasteiger partial charge in [-0.25, -0.2) is 0 Å². The van der Waals surface area contributed by atoms with Crippen LogP contribution in [0.25, 0.3) is 0 Å². The third-order valence-corrected chi connectivity index (χ3v) is 3.63. The van der Waals surface area contributed by atoms with Crippen LogP contribution in [0.1, 0.15) is 22.5 Å². The maximum Gasteiger partial charge on any atom is 0.141 e. The van der Waals surface area contributed by atoms with E-state index in [0.29, 0.717) is 12.8 Å². The summed E-state index contributed by atoms with van der Waals surface area (Å²) in [6, 6.07) is 1.92. The zero-order valence-corrected chi connectivity index (χ0v) is 12.9. The quantitative estimate of drug-likeness (QED) is 0.869. The largest absolute Gasteiger partial charge is 0.299 e. The van der Waals surface area contributed by atoms with Crippen molar-refractivity contribution in [3.8, 4) is 0 Å². The molecule has 0 unspecified atom stereocenters. The molecule has 0 bridgehead atoms. The van der Waals surface area contributed by atoms with Gasteiger partial charge in [0.1, 0.15) is 5.78 Å². The molecule has 0 atom stereocenters. The van der Waals surface area contributed by atoms with Crippen molar-refractivity contribution in [2.45, 2.75) is 26.7 Å². The number of aryl methyl sites for hydroxylation is 2. The van der Waals surface area contributed by atoms with Gasteiger partial charge in [-0.1, -0.05) is 0 Å². The van der Waals surface area contributed by atoms with Gasteiger partial charge in [0, 0.05) is 48.0 Å². The van der Waals surface area contributed by atoms with Crippen LogP contribution in [-0.2, 0) is 24.7 Å². The lowest BCUT2D eigenvalue weighted by Crippen LogP contribution is -2.08. The predicted molar refractivity (Wildman–Crippen MR) is 77.0 cm³/mol. The Hall–Kier alpha value is -1.49. The van der Waals surface area contributed by atoms with Crippen LogP contribution in [0.4, 0.5) is 0 Å². The number of hydrogen-bond acceptors (Lipinski definition) is 3. The van der Waals surface area contributed by atoms with Gasteiger partial charge < -0.3 is 0 Å². The lowest BCUT2D eigenvalue weighted by molar-refractivity contribution is -0.117. The van der Waals surface area contributed by atoms with E-state index >= 15 is 0 Å². The van der Waals surface area contributed by atoms with Gasteiger partial charge in [-0.05, 0) is 41.4 Å². The number of rotatable bonds is 4. The van der Waals surface area contributed by atoms with E-state index in [1.165, 1.54) is 0 Å². The summed E-state index contributed by atoms with van der Waals surface area (Å²) in [5.74, 6) is 0.180. The van der Waals surface area contributed by atoms with Crippen LogP contribution in [0, 0.1) is 13.8 Å². The molecular formula is C14H16BrN3O. The average molecular weight is 322 g/mol. The number of halogens is 1. The summed E-state index contributed by atoms with van der Waals surface area (Å²) in [6.45, 7) is 3.93. The fourth-order valence-corrected chi connectivity index (χ4v) is 2.53. The first kappa shape index (κ1) is 13.9. The number of ketones is 1. The Morgan fingerprint density at radius 1 is 1.32 bits per heavy atom. The Bertz CT molecular complexity index is 619. The molecule has 2 aromatic heterocycles. The molecule has 100 valence electrons. The second-order valence-electron chi connectivity index (χ2n) is 4.68. The van der Waals surface area contributed by atoms with E-state index in [9.17, 15) is 4.79 Å². The third-order valence-electron chi connectivity index (χ3n) is 3.20. The minimum absolute atomic E-state index is 0.180. The van der Waals surface area contributed by atoms with Gasteiger partial charge in [-0.15, -0.1) is 0 Å². The summed E-state index contributed by atoms with van der Waals surface area (Å²) in [5.41, 5.74) is 3.95. The molecule has 2 aromatic rings. The van der Waals surface area contributed by atoms with Gasteiger partial charge in [0.15, 0.2) is 0 Å². The van der Waals surface area contributed by atoms with Crippen LogP contribution in [0.2, 0.25) is 0 Å². The van der Waals surface area contributed by atoms with Crippen LogP contribution in [0.3, 0.4) is 0 Å². The molecule has 0 saturated carbocycles. The Morgan fingerprint density at radius 2 is 2.05 bits per heavy atom. The zero-order valence-electron chi connectivity index (χ0n) is 11.3. The molecule has 0 N–H and O–H groups in total. The number of pyridine rings is 1. The van der Waals surface area contributed by atoms with Crippen molar-refractivity contribution >= 4 is 21.7 Å². The topological polar surface area (TPSA) is 47.8 Å². The minimum Gasteiger partial charge on any atom is -0.299 e. The van der Waals surface area contributed by atoms with Crippen LogP contribution in [-0.4, -0.2) is 20.5 Å². The second-order valence-corrected chi connectivity index (χ2v) is 5.59. The number of aromatic nitrogens is 3. The summed E-state index contributed by atoms with van der Waals surface area (Å²) < 4.78 is 2.71. The maximum atomic E-state index is 12.1. The molecule has 0 aliphatic rings. The van der Waals surface area contributed by atoms with Crippen molar-refractivity contribution in [2.75, 3.05) is 0 Å². The molecule has 0 aliphatic heterocycles. The first-order chi connectivity index (χ1) is 8.97. The van der Waals surface area contributed by atoms with Crippen LogP contribution < -0.4 is 0 Å². The predicted octanol–water partition coefficient (Wildman–Crippen LogP) is 2.55. The van der Waals surface area contributed by atoms with E-state index in [1.807, 2.05) is 31.6 Å². The highest BCUT2D eigenvalue weighted by Gasteiger charge is 2.14. The van der Waals surface area contributed by atoms with Crippen molar-refractivity contribution < 1.29 is 4.79 Å². The Labute approximate surface area is 121 Å². The van der Waals surface area contributed by atoms with Crippen molar-refractivity contribution in [3.63, 3.8) is 0 Å². The lowest BCUT2D eigenvalue weighted by Gasteiger charge is -2.03. The first-order valence-corrected chi connectivity index (χ1v) is 6.87. The maximum absolute atomic E-state index is 12.1. The monoisotopic (exact) mass is 321 g/mol. The number of Topliss-reactive ketones (excluding diaryl/α,β-unsaturated/α-hetero) is 1. The van der Waals surface area contributed by atoms with Crippen molar-refractivity contribution in [2.24, 2.45) is 7.05 Å². The van der Waals surface area contributed by atoms with Crippen molar-refractivity contribution in [3.05, 3.63) is 45.4 Å². The fraction of sp³-hybridized carbons (Fsp3) is 0.357. The highest BCUT2D eigenvalue weighted by molar-refractivity contribution is 9.10. The SMILES string of the molecule is Cc1nn(C)c(C)c1CC(=O)Cc1cncc(Br)c1. The van der Waals surface area contributed by atoms with E-state index < -0.39 is 0 Å². The molecule has 0 saturated heterocycles. The number of nitrogens with zero attached hydrogens (tertiary/aromatic N) is 3. The fourth-order valence-electron chi connectivity index (χ4n) is 2.11. The molecule has 4 nitrogen and oxygen atoms in total. The van der Waals surface area contributed by atoms with Crippen LogP contribution >= 0.6 is 15.9 Å². The Kier molecular flexibility index (Phi) is 4.14. The number of hydrogen-bond donors (Lipinski definition) is 0. The Balaban J connectivity index is 2.09. The smallest absolute Gasteiger partial charge is 0.141 e. The van der Waals surface area contributed by atoms with E-state index in [0.717, 1.165) is 27.0 Å². The van der Waals surface area contributed by atoms with E-state index in [-0.39, 0.29) is 5.78 Å². The van der Waals surface area contributed by atoms with Crippen molar-refractivity contribution in [1.82, 2.24) is 14.8 Å². The molecule has 2 rings (SSSR count). The highest BCUT2D eigenvalue weighted by Crippen LogP contribution is 2.15. The lowest BCUT2D eigenvalue weighted by atomic mass is 10.0. The van der Waals surface area contributed by atoms with E-state index in [1.54, 1.807) is 12.4 Å². The average Bonchev–Trinajstić information content (AvgIpc) is 2.56. The van der Waals surface area contributed by atoms with Gasteiger partial charge in [0.05, 0.1) is 5.69 Å². The molecule has 2 heterocycles. The van der Waals surface area contributed by atoms with Gasteiger partial charge in [0.2, 0.25) is 0 Å². The standard InChI is InChI=1S/C14H16BrN3O/c1-9-14(10(2)18(3)17-9)6-13(19)5-11-4-12(15)8-16-7-11/h4,7-8H,5-6H2,1-3H3. The number of carbonyl (C=O) groups excluding carboxylic acids is 1. The molecule has 19 heavy (non-hydrogen) atoms. The summed E-state index contributed by atoms with van der Waals surface area (Å²) in [4.78, 5) is 16.2. The molecule has 5 heteroatoms. The normalized spacial score (nSPS) is 10.7. The first-order valence-electron chi connectivity index (χ1n) is 6.07. The molecule has 0 fully saturated rings. The summed E-state index contributed by atoms with van der Waals surface area (Å²) in [6.07, 6.45) is 4.27. The van der Waals surface area contributed by atoms with Gasteiger partial charge in [-0.2, -0.15) is 5.10 Å². The molecule has 0 radical (unpaired) electrons. The molecular weight excluding hydrogens is 306 g/mol. The molecule has 0 amide bonds. The van der Waals surface area contributed by atoms with E-state index in [2.05, 4.69) is 26.0 Å². The number of carbonyl (C=O) groups is 1. The van der Waals surface area contributed by atoms with Crippen molar-refractivity contribution in [1.29, 1.82) is 0 Å². The van der Waals surface area contributed by atoms with E-state index in [4.69, 9.17) is 0 Å². The third kappa shape index (κ3) is 3.29. The van der Waals surface area contributed by atoms with Gasteiger partial charge >= 0.3 is 0 Å². The van der Waals surface area contributed by atoms with Gasteiger partial charge in [-0.3, -0.25) is 14.5 Å². The van der Waals surface area contributed by atoms with Gasteiger partial charge in [0.25, 0.3) is 0 Å². The minimum atomic E-state index is 0.180. The second kappa shape index (κ2) is 5.65. The zero-order chi connectivity index (χ0) is 14.0. The summed E-state index contributed by atoms with van der Waals surface area (Å²) in [7, 11) is 1.90.